The molecule has 2 heterocycles. The van der Waals surface area contributed by atoms with Crippen LogP contribution in [0.5, 0.6) is 0 Å². The van der Waals surface area contributed by atoms with Gasteiger partial charge in [-0.25, -0.2) is 4.79 Å². The smallest absolute Gasteiger partial charge is 0.410 e. The predicted molar refractivity (Wildman–Crippen MR) is 102 cm³/mol. The second-order valence-corrected chi connectivity index (χ2v) is 8.52. The van der Waals surface area contributed by atoms with Crippen molar-refractivity contribution in [2.75, 3.05) is 12.3 Å². The van der Waals surface area contributed by atoms with Crippen LogP contribution in [-0.2, 0) is 11.3 Å². The Morgan fingerprint density at radius 3 is 2.88 bits per heavy atom. The predicted octanol–water partition coefficient (Wildman–Crippen LogP) is 3.25. The summed E-state index contributed by atoms with van der Waals surface area (Å²) in [7, 11) is 0. The summed E-state index contributed by atoms with van der Waals surface area (Å²) in [4.78, 5) is 24.3. The van der Waals surface area contributed by atoms with E-state index in [0.717, 1.165) is 10.8 Å². The van der Waals surface area contributed by atoms with Crippen molar-refractivity contribution in [1.82, 2.24) is 15.1 Å². The number of nitro groups is 1. The van der Waals surface area contributed by atoms with Crippen molar-refractivity contribution in [3.05, 3.63) is 45.5 Å². The number of non-ortho nitro benzene ring substituents is 1. The molecule has 1 aromatic carbocycles. The van der Waals surface area contributed by atoms with Crippen LogP contribution in [0.4, 0.5) is 10.5 Å². The molecule has 1 aromatic heterocycles. The van der Waals surface area contributed by atoms with Gasteiger partial charge in [0, 0.05) is 35.7 Å². The van der Waals surface area contributed by atoms with Gasteiger partial charge in [-0.1, -0.05) is 23.1 Å². The largest absolute Gasteiger partial charge is 0.445 e. The highest BCUT2D eigenvalue weighted by Crippen LogP contribution is 2.29. The minimum absolute atomic E-state index is 0.00583. The number of likely N-dealkylation sites (tertiary alicyclic amines) is 1. The quantitative estimate of drug-likeness (QED) is 0.336. The normalized spacial score (nSPS) is 19.5. The number of rotatable bonds is 6. The summed E-state index contributed by atoms with van der Waals surface area (Å²) in [5.41, 5.74) is 2.38. The molecular formula is C15H16N4O4S3. The van der Waals surface area contributed by atoms with Gasteiger partial charge in [0.05, 0.1) is 4.92 Å². The molecule has 0 radical (unpaired) electrons. The van der Waals surface area contributed by atoms with E-state index in [1.54, 1.807) is 34.3 Å². The topological polar surface area (TPSA) is 98.5 Å². The lowest BCUT2D eigenvalue weighted by Crippen LogP contribution is -2.37. The second-order valence-electron chi connectivity index (χ2n) is 5.69. The number of benzene rings is 1. The zero-order valence-electron chi connectivity index (χ0n) is 13.6. The highest BCUT2D eigenvalue weighted by atomic mass is 32.2. The maximum Gasteiger partial charge on any atom is 0.410 e. The second kappa shape index (κ2) is 8.69. The van der Waals surface area contributed by atoms with Crippen molar-refractivity contribution in [3.8, 4) is 0 Å². The first-order valence-electron chi connectivity index (χ1n) is 7.76. The van der Waals surface area contributed by atoms with Gasteiger partial charge in [-0.3, -0.25) is 10.1 Å². The molecule has 1 aliphatic rings. The van der Waals surface area contributed by atoms with Crippen LogP contribution in [0.15, 0.2) is 34.1 Å². The van der Waals surface area contributed by atoms with E-state index in [-0.39, 0.29) is 23.6 Å². The van der Waals surface area contributed by atoms with Crippen molar-refractivity contribution in [2.45, 2.75) is 28.7 Å². The SMILES string of the molecule is O=C(OCc1ccc([N+](=O)[O-])cc1)N1C[C@@H](S)C[C@H]1CSc1nncs1. The van der Waals surface area contributed by atoms with Crippen LogP contribution in [0.1, 0.15) is 12.0 Å². The molecule has 0 bridgehead atoms. The lowest BCUT2D eigenvalue weighted by Gasteiger charge is -2.23. The van der Waals surface area contributed by atoms with E-state index in [9.17, 15) is 14.9 Å². The van der Waals surface area contributed by atoms with Crippen LogP contribution in [-0.4, -0.2) is 49.7 Å². The summed E-state index contributed by atoms with van der Waals surface area (Å²) in [6, 6.07) is 5.98. The Balaban J connectivity index is 1.54. The third-order valence-corrected chi connectivity index (χ3v) is 6.25. The van der Waals surface area contributed by atoms with Gasteiger partial charge in [0.1, 0.15) is 12.1 Å². The molecule has 2 aromatic rings. The minimum Gasteiger partial charge on any atom is -0.445 e. The summed E-state index contributed by atoms with van der Waals surface area (Å²) in [6.07, 6.45) is 0.393. The van der Waals surface area contributed by atoms with Crippen LogP contribution in [0.3, 0.4) is 0 Å². The minimum atomic E-state index is -0.465. The van der Waals surface area contributed by atoms with Crippen LogP contribution in [0.2, 0.25) is 0 Å². The van der Waals surface area contributed by atoms with Crippen LogP contribution in [0, 0.1) is 10.1 Å². The van der Waals surface area contributed by atoms with Gasteiger partial charge in [-0.15, -0.1) is 10.2 Å². The molecule has 1 amide bonds. The van der Waals surface area contributed by atoms with Gasteiger partial charge in [0.15, 0.2) is 4.34 Å². The molecule has 0 spiro atoms. The Morgan fingerprint density at radius 2 is 2.23 bits per heavy atom. The summed E-state index contributed by atoms with van der Waals surface area (Å²) >= 11 is 7.52. The van der Waals surface area contributed by atoms with E-state index in [2.05, 4.69) is 22.8 Å². The summed E-state index contributed by atoms with van der Waals surface area (Å²) in [5.74, 6) is 0.707. The molecule has 138 valence electrons. The standard InChI is InChI=1S/C15H16N4O4S3/c20-15(23-7-10-1-3-11(4-2-10)19(21)22)18-6-13(24)5-12(18)8-25-14-17-16-9-26-14/h1-4,9,12-13,24H,5-8H2/t12-,13-/m0/s1. The van der Waals surface area contributed by atoms with E-state index in [1.165, 1.54) is 23.5 Å². The van der Waals surface area contributed by atoms with Crippen molar-refractivity contribution < 1.29 is 14.5 Å². The third kappa shape index (κ3) is 4.86. The third-order valence-electron chi connectivity index (χ3n) is 3.88. The molecule has 1 saturated heterocycles. The van der Waals surface area contributed by atoms with Gasteiger partial charge in [-0.05, 0) is 24.1 Å². The van der Waals surface area contributed by atoms with E-state index >= 15 is 0 Å². The summed E-state index contributed by atoms with van der Waals surface area (Å²) < 4.78 is 6.24. The van der Waals surface area contributed by atoms with Gasteiger partial charge in [-0.2, -0.15) is 12.6 Å². The molecule has 11 heteroatoms. The van der Waals surface area contributed by atoms with E-state index in [4.69, 9.17) is 4.74 Å². The maximum atomic E-state index is 12.4. The number of carbonyl (C=O) groups is 1. The molecule has 8 nitrogen and oxygen atoms in total. The zero-order valence-corrected chi connectivity index (χ0v) is 16.1. The summed E-state index contributed by atoms with van der Waals surface area (Å²) in [6.45, 7) is 0.602. The number of carbonyl (C=O) groups excluding carboxylic acids is 1. The van der Waals surface area contributed by atoms with Crippen LogP contribution < -0.4 is 0 Å². The van der Waals surface area contributed by atoms with Crippen molar-refractivity contribution >= 4 is 47.5 Å². The lowest BCUT2D eigenvalue weighted by atomic mass is 10.2. The number of hydrogen-bond acceptors (Lipinski definition) is 9. The monoisotopic (exact) mass is 412 g/mol. The molecule has 3 rings (SSSR count). The van der Waals surface area contributed by atoms with Gasteiger partial charge >= 0.3 is 6.09 Å². The molecule has 2 atom stereocenters. The van der Waals surface area contributed by atoms with Crippen molar-refractivity contribution in [2.24, 2.45) is 0 Å². The number of nitrogens with zero attached hydrogens (tertiary/aromatic N) is 4. The number of thiol groups is 1. The highest BCUT2D eigenvalue weighted by molar-refractivity contribution is 8.01. The van der Waals surface area contributed by atoms with Crippen molar-refractivity contribution in [1.29, 1.82) is 0 Å². The first kappa shape index (κ1) is 18.9. The number of nitro benzene ring substituents is 1. The molecule has 26 heavy (non-hydrogen) atoms. The van der Waals surface area contributed by atoms with Gasteiger partial charge in [0.2, 0.25) is 0 Å². The Bertz CT molecular complexity index is 757. The number of thioether (sulfide) groups is 1. The lowest BCUT2D eigenvalue weighted by molar-refractivity contribution is -0.384. The Hall–Kier alpha value is -1.85. The van der Waals surface area contributed by atoms with Crippen LogP contribution >= 0.6 is 35.7 Å². The molecule has 0 aliphatic carbocycles. The number of aromatic nitrogens is 2. The highest BCUT2D eigenvalue weighted by Gasteiger charge is 2.34. The fraction of sp³-hybridized carbons (Fsp3) is 0.400. The Labute approximate surface area is 163 Å². The van der Waals surface area contributed by atoms with Crippen molar-refractivity contribution in [3.63, 3.8) is 0 Å². The maximum absolute atomic E-state index is 12.4. The Morgan fingerprint density at radius 1 is 1.46 bits per heavy atom. The number of hydrogen-bond donors (Lipinski definition) is 1. The average molecular weight is 413 g/mol. The van der Waals surface area contributed by atoms with Gasteiger partial charge < -0.3 is 9.64 Å². The molecule has 0 unspecified atom stereocenters. The fourth-order valence-corrected chi connectivity index (χ4v) is 4.67. The number of amides is 1. The van der Waals surface area contributed by atoms with Gasteiger partial charge in [0.25, 0.3) is 5.69 Å². The van der Waals surface area contributed by atoms with E-state index < -0.39 is 11.0 Å². The van der Waals surface area contributed by atoms with Crippen LogP contribution in [0.25, 0.3) is 0 Å². The first-order valence-corrected chi connectivity index (χ1v) is 10.1. The molecule has 0 N–H and O–H groups in total. The molecular weight excluding hydrogens is 396 g/mol. The number of ether oxygens (including phenoxy) is 1. The van der Waals surface area contributed by atoms with E-state index in [1.807, 2.05) is 0 Å². The Kier molecular flexibility index (Phi) is 6.33. The fourth-order valence-electron chi connectivity index (χ4n) is 2.61. The molecule has 1 aliphatic heterocycles. The first-order chi connectivity index (χ1) is 12.5. The summed E-state index contributed by atoms with van der Waals surface area (Å²) in [5, 5.41) is 18.6. The zero-order chi connectivity index (χ0) is 18.5. The average Bonchev–Trinajstić information content (AvgIpc) is 3.27. The molecule has 1 fully saturated rings. The molecule has 0 saturated carbocycles. The van der Waals surface area contributed by atoms with E-state index in [0.29, 0.717) is 17.9 Å².